The zero-order valence-corrected chi connectivity index (χ0v) is 11.4. The molecular weight excluding hydrogens is 256 g/mol. The first kappa shape index (κ1) is 26.0. The Labute approximate surface area is 139 Å². The Morgan fingerprint density at radius 1 is 0.882 bits per heavy atom. The van der Waals surface area contributed by atoms with Gasteiger partial charge in [0.25, 0.3) is 0 Å². The summed E-state index contributed by atoms with van der Waals surface area (Å²) in [7, 11) is 0. The number of ether oxygens (including phenoxy) is 2. The predicted octanol–water partition coefficient (Wildman–Crippen LogP) is -3.67. The van der Waals surface area contributed by atoms with Crippen molar-refractivity contribution in [1.82, 2.24) is 0 Å². The van der Waals surface area contributed by atoms with Crippen LogP contribution in [0.2, 0.25) is 0 Å². The van der Waals surface area contributed by atoms with Crippen molar-refractivity contribution in [3.63, 3.8) is 0 Å². The van der Waals surface area contributed by atoms with E-state index in [0.717, 1.165) is 38.9 Å². The maximum absolute atomic E-state index is 6.25. The van der Waals surface area contributed by atoms with E-state index in [1.54, 1.807) is 0 Å². The van der Waals surface area contributed by atoms with Gasteiger partial charge in [0.05, 0.1) is 0 Å². The Balaban J connectivity index is -0.0000000752. The van der Waals surface area contributed by atoms with Crippen LogP contribution in [0.3, 0.4) is 0 Å². The molecule has 0 saturated heterocycles. The van der Waals surface area contributed by atoms with Crippen molar-refractivity contribution in [1.29, 1.82) is 5.26 Å². The van der Waals surface area contributed by atoms with Gasteiger partial charge < -0.3 is 33.8 Å². The third-order valence-electron chi connectivity index (χ3n) is 1.52. The van der Waals surface area contributed by atoms with Crippen molar-refractivity contribution in [2.24, 2.45) is 0 Å². The summed E-state index contributed by atoms with van der Waals surface area (Å²) in [5.41, 5.74) is 0. The number of hydrogen-bond donors (Lipinski definition) is 0. The smallest absolute Gasteiger partial charge is 0.693 e. The number of allylic oxidation sites excluding steroid dienone is 2. The van der Waals surface area contributed by atoms with Crippen LogP contribution in [0.5, 0.6) is 0 Å². The van der Waals surface area contributed by atoms with Gasteiger partial charge in [0.1, 0.15) is 0 Å². The molecule has 0 N–H and O–H groups in total. The van der Waals surface area contributed by atoms with E-state index < -0.39 is 0 Å². The van der Waals surface area contributed by atoms with Crippen LogP contribution < -0.4 is 37.7 Å². The van der Waals surface area contributed by atoms with E-state index >= 15 is 0 Å². The molecule has 0 aromatic carbocycles. The van der Waals surface area contributed by atoms with Crippen LogP contribution in [-0.4, -0.2) is 13.2 Å². The molecule has 17 heavy (non-hydrogen) atoms. The second kappa shape index (κ2) is 25.2. The van der Waals surface area contributed by atoms with Gasteiger partial charge >= 0.3 is 54.8 Å². The molecule has 2 aliphatic heterocycles. The van der Waals surface area contributed by atoms with Crippen LogP contribution in [0.1, 0.15) is 25.7 Å². The molecule has 2 rings (SSSR count). The van der Waals surface area contributed by atoms with Gasteiger partial charge in [0, 0.05) is 13.2 Å². The van der Waals surface area contributed by atoms with Crippen molar-refractivity contribution in [3.8, 4) is 0 Å². The van der Waals surface area contributed by atoms with Crippen LogP contribution in [0, 0.1) is 24.4 Å². The Kier molecular flexibility index (Phi) is 38.5. The summed E-state index contributed by atoms with van der Waals surface area (Å²) in [6.07, 6.45) is 13.8. The molecular formula is C11H14CuLi2NO2. The largest absolute Gasteiger partial charge is 1.00 e. The molecule has 0 aliphatic carbocycles. The van der Waals surface area contributed by atoms with Crippen LogP contribution in [-0.2, 0) is 26.5 Å². The first-order valence-electron chi connectivity index (χ1n) is 4.60. The van der Waals surface area contributed by atoms with E-state index in [4.69, 9.17) is 21.3 Å². The Morgan fingerprint density at radius 3 is 1.29 bits per heavy atom. The van der Waals surface area contributed by atoms with Gasteiger partial charge in [-0.3, -0.25) is 0 Å². The normalized spacial score (nSPS) is 14.2. The van der Waals surface area contributed by atoms with Gasteiger partial charge in [-0.25, -0.2) is 12.2 Å². The van der Waals surface area contributed by atoms with E-state index in [2.05, 4.69) is 12.5 Å². The van der Waals surface area contributed by atoms with Gasteiger partial charge in [-0.1, -0.05) is 12.8 Å². The maximum atomic E-state index is 6.25. The maximum Gasteiger partial charge on any atom is 1.00 e. The van der Waals surface area contributed by atoms with Gasteiger partial charge in [-0.2, -0.15) is 0 Å². The summed E-state index contributed by atoms with van der Waals surface area (Å²) >= 11 is 0. The molecule has 0 aromatic heterocycles. The monoisotopic (exact) mass is 269 g/mol. The second-order valence-corrected chi connectivity index (χ2v) is 2.63. The summed E-state index contributed by atoms with van der Waals surface area (Å²) < 4.78 is 9.53. The van der Waals surface area contributed by atoms with E-state index in [1.165, 1.54) is 0 Å². The van der Waals surface area contributed by atoms with Crippen molar-refractivity contribution < 1.29 is 64.3 Å². The molecule has 88 valence electrons. The minimum atomic E-state index is 0. The molecule has 6 heteroatoms. The van der Waals surface area contributed by atoms with Crippen molar-refractivity contribution in [2.75, 3.05) is 13.2 Å². The molecule has 0 unspecified atom stereocenters. The fourth-order valence-electron chi connectivity index (χ4n) is 0.869. The molecule has 0 saturated carbocycles. The summed E-state index contributed by atoms with van der Waals surface area (Å²) in [5, 5.41) is 6.25. The molecule has 0 fully saturated rings. The molecule has 0 radical (unpaired) electrons. The van der Waals surface area contributed by atoms with E-state index in [9.17, 15) is 0 Å². The fourth-order valence-corrected chi connectivity index (χ4v) is 0.869. The van der Waals surface area contributed by atoms with Gasteiger partial charge in [-0.15, -0.1) is 0 Å². The molecule has 0 aromatic rings. The van der Waals surface area contributed by atoms with Crippen LogP contribution in [0.15, 0.2) is 12.2 Å². The van der Waals surface area contributed by atoms with Gasteiger partial charge in [0.2, 0.25) is 0 Å². The number of rotatable bonds is 0. The third kappa shape index (κ3) is 22.0. The molecule has 2 aliphatic rings. The van der Waals surface area contributed by atoms with Crippen molar-refractivity contribution in [3.05, 3.63) is 31.2 Å². The number of hydrogen-bond acceptors (Lipinski definition) is 3. The first-order chi connectivity index (χ1) is 7.00. The predicted molar refractivity (Wildman–Crippen MR) is 51.0 cm³/mol. The zero-order valence-electron chi connectivity index (χ0n) is 10.5. The fraction of sp³-hybridized carbons (Fsp3) is 0.545. The minimum Gasteiger partial charge on any atom is -0.693 e. The standard InChI is InChI=1S/2C5H7O.CN.Cu.2Li/c2*1-2-4-6-5-3-1;1-2;;;/h2*2H,1,3,5H2;;;;/q3*-1;3*+1. The number of nitrogens with zero attached hydrogens (tertiary/aromatic N) is 1. The Morgan fingerprint density at radius 2 is 1.24 bits per heavy atom. The Bertz CT molecular complexity index is 165. The molecule has 2 heterocycles. The SMILES string of the molecule is [C-]#N.[C-]1=CCCCO1.[C-]1=CCCCO1.[Cu+].[Li+].[Li+]. The quantitative estimate of drug-likeness (QED) is 0.336. The summed E-state index contributed by atoms with van der Waals surface area (Å²) in [6, 6.07) is 0. The van der Waals surface area contributed by atoms with E-state index in [1.807, 2.05) is 12.2 Å². The van der Waals surface area contributed by atoms with E-state index in [-0.39, 0.29) is 54.8 Å². The molecule has 0 bridgehead atoms. The van der Waals surface area contributed by atoms with Crippen LogP contribution >= 0.6 is 0 Å². The Hall–Kier alpha value is 0.284. The van der Waals surface area contributed by atoms with Crippen LogP contribution in [0.4, 0.5) is 0 Å². The summed E-state index contributed by atoms with van der Waals surface area (Å²) in [5.74, 6) is 0. The molecule has 3 nitrogen and oxygen atoms in total. The average molecular weight is 270 g/mol. The van der Waals surface area contributed by atoms with Gasteiger partial charge in [-0.05, 0) is 12.8 Å². The van der Waals surface area contributed by atoms with Crippen LogP contribution in [0.25, 0.3) is 0 Å². The van der Waals surface area contributed by atoms with Gasteiger partial charge in [0.15, 0.2) is 0 Å². The zero-order chi connectivity index (χ0) is 10.5. The molecule has 0 atom stereocenters. The topological polar surface area (TPSA) is 42.2 Å². The minimum absolute atomic E-state index is 0. The summed E-state index contributed by atoms with van der Waals surface area (Å²) in [6.45, 7) is 6.47. The van der Waals surface area contributed by atoms with E-state index in [0.29, 0.717) is 0 Å². The van der Waals surface area contributed by atoms with Crippen molar-refractivity contribution >= 4 is 0 Å². The first-order valence-corrected chi connectivity index (χ1v) is 4.60. The molecule has 0 amide bonds. The summed E-state index contributed by atoms with van der Waals surface area (Å²) in [4.78, 5) is 0. The van der Waals surface area contributed by atoms with Crippen molar-refractivity contribution in [2.45, 2.75) is 25.7 Å². The third-order valence-corrected chi connectivity index (χ3v) is 1.52. The second-order valence-electron chi connectivity index (χ2n) is 2.63. The molecule has 0 spiro atoms. The average Bonchev–Trinajstić information content (AvgIpc) is 2.37.